The molecule has 4 aromatic rings. The summed E-state index contributed by atoms with van der Waals surface area (Å²) < 4.78 is 29.0. The van der Waals surface area contributed by atoms with E-state index in [1.807, 2.05) is 44.2 Å². The van der Waals surface area contributed by atoms with E-state index < -0.39 is 11.4 Å². The van der Waals surface area contributed by atoms with E-state index in [-0.39, 0.29) is 35.2 Å². The smallest absolute Gasteiger partial charge is 0.269 e. The highest BCUT2D eigenvalue weighted by Crippen LogP contribution is 2.51. The zero-order valence-corrected chi connectivity index (χ0v) is 27.9. The molecule has 1 aliphatic carbocycles. The molecule has 3 heterocycles. The van der Waals surface area contributed by atoms with E-state index in [0.29, 0.717) is 23.1 Å². The summed E-state index contributed by atoms with van der Waals surface area (Å²) in [6, 6.07) is 16.1. The van der Waals surface area contributed by atoms with Gasteiger partial charge >= 0.3 is 0 Å². The number of hydrogen-bond donors (Lipinski definition) is 1. The van der Waals surface area contributed by atoms with E-state index in [0.717, 1.165) is 59.5 Å². The number of ether oxygens (including phenoxy) is 2. The molecule has 236 valence electrons. The molecule has 45 heavy (non-hydrogen) atoms. The molecule has 2 unspecified atom stereocenters. The van der Waals surface area contributed by atoms with Gasteiger partial charge in [0.05, 0.1) is 30.8 Å². The van der Waals surface area contributed by atoms with Crippen LogP contribution in [-0.4, -0.2) is 37.2 Å². The van der Waals surface area contributed by atoms with Gasteiger partial charge < -0.3 is 14.0 Å². The normalized spacial score (nSPS) is 22.8. The van der Waals surface area contributed by atoms with Crippen molar-refractivity contribution in [3.63, 3.8) is 0 Å². The van der Waals surface area contributed by atoms with Crippen molar-refractivity contribution in [3.05, 3.63) is 83.4 Å². The van der Waals surface area contributed by atoms with E-state index in [4.69, 9.17) is 29.4 Å². The Labute approximate surface area is 269 Å². The molecule has 0 amide bonds. The van der Waals surface area contributed by atoms with Gasteiger partial charge in [0.1, 0.15) is 17.2 Å². The molecule has 0 radical (unpaired) electrons. The van der Waals surface area contributed by atoms with E-state index >= 15 is 0 Å². The van der Waals surface area contributed by atoms with Crippen LogP contribution in [-0.2, 0) is 17.8 Å². The Morgan fingerprint density at radius 3 is 2.47 bits per heavy atom. The van der Waals surface area contributed by atoms with Crippen molar-refractivity contribution < 1.29 is 14.0 Å². The van der Waals surface area contributed by atoms with E-state index in [9.17, 15) is 4.55 Å². The van der Waals surface area contributed by atoms with Crippen molar-refractivity contribution in [2.24, 2.45) is 17.3 Å². The molecule has 1 saturated carbocycles. The van der Waals surface area contributed by atoms with Crippen LogP contribution < -0.4 is 14.2 Å². The number of hydrogen-bond acceptors (Lipinski definition) is 8. The van der Waals surface area contributed by atoms with Crippen molar-refractivity contribution in [2.45, 2.75) is 84.1 Å². The van der Waals surface area contributed by atoms with Gasteiger partial charge in [-0.3, -0.25) is 0 Å². The number of rotatable bonds is 4. The third-order valence-electron chi connectivity index (χ3n) is 9.40. The van der Waals surface area contributed by atoms with E-state index in [1.165, 1.54) is 0 Å². The molecule has 0 spiro atoms. The van der Waals surface area contributed by atoms with Crippen LogP contribution in [0, 0.1) is 31.1 Å². The van der Waals surface area contributed by atoms with Crippen molar-refractivity contribution >= 4 is 17.3 Å². The minimum absolute atomic E-state index is 0.0336. The molecule has 1 fully saturated rings. The highest BCUT2D eigenvalue weighted by atomic mass is 32.2. The topological polar surface area (TPSA) is 105 Å². The molecular formula is C36H43N5O3S. The maximum Gasteiger partial charge on any atom is 0.269 e. The van der Waals surface area contributed by atoms with Gasteiger partial charge in [-0.05, 0) is 93.5 Å². The molecule has 8 nitrogen and oxygen atoms in total. The van der Waals surface area contributed by atoms with Crippen molar-refractivity contribution in [1.29, 1.82) is 0 Å². The molecule has 6 rings (SSSR count). The number of nitrogens with one attached hydrogen (secondary N) is 1. The van der Waals surface area contributed by atoms with Gasteiger partial charge in [0.25, 0.3) is 5.95 Å². The predicted octanol–water partition coefficient (Wildman–Crippen LogP) is 7.63. The third kappa shape index (κ3) is 6.94. The average molecular weight is 626 g/mol. The zero-order valence-electron chi connectivity index (χ0n) is 27.0. The van der Waals surface area contributed by atoms with Crippen LogP contribution >= 0.6 is 0 Å². The minimum Gasteiger partial charge on any atom is -0.588 e. The fourth-order valence-electron chi connectivity index (χ4n) is 7.07. The van der Waals surface area contributed by atoms with Crippen LogP contribution in [0.3, 0.4) is 0 Å². The molecule has 9 heteroatoms. The Hall–Kier alpha value is -3.69. The lowest BCUT2D eigenvalue weighted by molar-refractivity contribution is 0.0126. The third-order valence-corrected chi connectivity index (χ3v) is 10.5. The number of nitrogens with zero attached hydrogens (tertiary/aromatic N) is 4. The van der Waals surface area contributed by atoms with Crippen LogP contribution in [0.2, 0.25) is 0 Å². The van der Waals surface area contributed by atoms with Crippen molar-refractivity contribution in [1.82, 2.24) is 19.9 Å². The summed E-state index contributed by atoms with van der Waals surface area (Å²) in [5.74, 6) is 2.96. The van der Waals surface area contributed by atoms with Crippen LogP contribution in [0.25, 0.3) is 11.3 Å². The fraction of sp³-hybridized carbons (Fsp3) is 0.444. The second kappa shape index (κ2) is 13.0. The first-order valence-corrected chi connectivity index (χ1v) is 17.1. The van der Waals surface area contributed by atoms with Crippen LogP contribution in [0.5, 0.6) is 11.6 Å². The number of fused-ring (bicyclic) bond motifs is 5. The van der Waals surface area contributed by atoms with Crippen molar-refractivity contribution in [2.75, 3.05) is 11.3 Å². The number of aromatic nitrogens is 4. The molecular weight excluding hydrogens is 582 g/mol. The molecule has 1 aliphatic heterocycles. The Morgan fingerprint density at radius 2 is 1.73 bits per heavy atom. The number of aryl methyl sites for hydroxylation is 3. The maximum absolute atomic E-state index is 13.5. The summed E-state index contributed by atoms with van der Waals surface area (Å²) in [4.78, 5) is 19.9. The Balaban J connectivity index is 1.41. The molecule has 2 aromatic carbocycles. The zero-order chi connectivity index (χ0) is 31.7. The fourth-order valence-corrected chi connectivity index (χ4v) is 7.90. The first-order chi connectivity index (χ1) is 21.6. The summed E-state index contributed by atoms with van der Waals surface area (Å²) >= 11 is -1.54. The molecule has 2 aromatic heterocycles. The highest BCUT2D eigenvalue weighted by molar-refractivity contribution is 7.92. The van der Waals surface area contributed by atoms with Gasteiger partial charge in [-0.2, -0.15) is 9.71 Å². The number of anilines is 1. The SMILES string of the molecule is Cc1cccc(C)c1-c1cc2nc(n1)N[S+]([O-])c1cccc(c1)CCC1[C@@H](c3ncc(OC(C)C)cn3)CCC(C)(C)[C@H]1CO2. The molecule has 0 saturated heterocycles. The molecule has 2 aliphatic rings. The largest absolute Gasteiger partial charge is 0.588 e. The van der Waals surface area contributed by atoms with Gasteiger partial charge in [0.15, 0.2) is 10.6 Å². The van der Waals surface area contributed by atoms with Crippen LogP contribution in [0.1, 0.15) is 75.4 Å². The number of benzene rings is 2. The van der Waals surface area contributed by atoms with Gasteiger partial charge in [-0.25, -0.2) is 15.0 Å². The van der Waals surface area contributed by atoms with Crippen LogP contribution in [0.4, 0.5) is 5.95 Å². The average Bonchev–Trinajstić information content (AvgIpc) is 2.99. The first kappa shape index (κ1) is 31.3. The first-order valence-electron chi connectivity index (χ1n) is 15.9. The van der Waals surface area contributed by atoms with Gasteiger partial charge in [0.2, 0.25) is 5.88 Å². The lowest BCUT2D eigenvalue weighted by atomic mass is 9.58. The van der Waals surface area contributed by atoms with E-state index in [1.54, 1.807) is 12.4 Å². The summed E-state index contributed by atoms with van der Waals surface area (Å²) in [6.45, 7) is 13.4. The lowest BCUT2D eigenvalue weighted by Gasteiger charge is -2.47. The molecule has 4 bridgehead atoms. The van der Waals surface area contributed by atoms with Gasteiger partial charge in [-0.1, -0.05) is 44.2 Å². The quantitative estimate of drug-likeness (QED) is 0.231. The summed E-state index contributed by atoms with van der Waals surface area (Å²) in [5.41, 5.74) is 5.16. The van der Waals surface area contributed by atoms with Gasteiger partial charge in [0, 0.05) is 23.5 Å². The Bertz CT molecular complexity index is 1620. The summed E-state index contributed by atoms with van der Waals surface area (Å²) in [5, 5.41) is 0. The maximum atomic E-state index is 13.5. The van der Waals surface area contributed by atoms with E-state index in [2.05, 4.69) is 50.6 Å². The second-order valence-corrected chi connectivity index (χ2v) is 14.6. The molecule has 4 atom stereocenters. The highest BCUT2D eigenvalue weighted by Gasteiger charge is 2.45. The predicted molar refractivity (Wildman–Crippen MR) is 178 cm³/mol. The molecule has 1 N–H and O–H groups in total. The second-order valence-electron chi connectivity index (χ2n) is 13.4. The Kier molecular flexibility index (Phi) is 9.02. The minimum atomic E-state index is -1.54. The summed E-state index contributed by atoms with van der Waals surface area (Å²) in [7, 11) is 0. The van der Waals surface area contributed by atoms with Crippen molar-refractivity contribution in [3.8, 4) is 22.9 Å². The Morgan fingerprint density at radius 1 is 1.00 bits per heavy atom. The monoisotopic (exact) mass is 625 g/mol. The lowest BCUT2D eigenvalue weighted by Crippen LogP contribution is -2.43. The summed E-state index contributed by atoms with van der Waals surface area (Å²) in [6.07, 6.45) is 7.50. The standard InChI is InChI=1S/C36H43N5O3S/c1-22(2)44-26-19-37-34(38-20-26)29-15-16-36(5,6)30-21-43-32-18-31(33-23(3)9-7-10-24(33)4)39-35(40-32)41-45(42)27-12-8-11-25(17-27)13-14-28(29)30/h7-12,17-20,22,28-30H,13-16,21H2,1-6H3,(H,39,40,41)/t28?,29-,30-,45?/m0/s1. The van der Waals surface area contributed by atoms with Gasteiger partial charge in [-0.15, -0.1) is 0 Å². The van der Waals surface area contributed by atoms with Crippen LogP contribution in [0.15, 0.2) is 65.8 Å².